The first-order chi connectivity index (χ1) is 9.67. The Kier molecular flexibility index (Phi) is 3.24. The van der Waals surface area contributed by atoms with Gasteiger partial charge < -0.3 is 5.73 Å². The van der Waals surface area contributed by atoms with E-state index in [9.17, 15) is 4.39 Å². The summed E-state index contributed by atoms with van der Waals surface area (Å²) in [7, 11) is 0. The molecule has 0 unspecified atom stereocenters. The fourth-order valence-corrected chi connectivity index (χ4v) is 2.49. The standard InChI is InChI=1S/C16H16FN3/c1-11-3-2-4-12(7-11)8-14-15(9-18)20-10-13(17)5-6-16(20)19-14/h2-7,10H,8-9,18H2,1H3. The van der Waals surface area contributed by atoms with E-state index < -0.39 is 0 Å². The molecule has 0 amide bonds. The van der Waals surface area contributed by atoms with Crippen LogP contribution in [0.2, 0.25) is 0 Å². The first-order valence-electron chi connectivity index (χ1n) is 6.58. The highest BCUT2D eigenvalue weighted by molar-refractivity contribution is 5.44. The largest absolute Gasteiger partial charge is 0.325 e. The van der Waals surface area contributed by atoms with Crippen LogP contribution in [0.4, 0.5) is 4.39 Å². The van der Waals surface area contributed by atoms with Gasteiger partial charge in [-0.15, -0.1) is 0 Å². The minimum absolute atomic E-state index is 0.285. The summed E-state index contributed by atoms with van der Waals surface area (Å²) in [5.41, 5.74) is 10.7. The molecule has 2 N–H and O–H groups in total. The molecule has 3 rings (SSSR count). The number of aryl methyl sites for hydroxylation is 1. The van der Waals surface area contributed by atoms with Gasteiger partial charge in [0.05, 0.1) is 11.4 Å². The van der Waals surface area contributed by atoms with Crippen molar-refractivity contribution in [3.63, 3.8) is 0 Å². The summed E-state index contributed by atoms with van der Waals surface area (Å²) in [6.45, 7) is 2.40. The maximum atomic E-state index is 13.4. The number of fused-ring (bicyclic) bond motifs is 1. The van der Waals surface area contributed by atoms with Crippen molar-refractivity contribution in [1.29, 1.82) is 0 Å². The summed E-state index contributed by atoms with van der Waals surface area (Å²) in [4.78, 5) is 4.57. The van der Waals surface area contributed by atoms with Crippen LogP contribution in [0.15, 0.2) is 42.6 Å². The SMILES string of the molecule is Cc1cccc(Cc2nc3ccc(F)cn3c2CN)c1. The third-order valence-corrected chi connectivity index (χ3v) is 3.41. The third kappa shape index (κ3) is 2.30. The predicted molar refractivity (Wildman–Crippen MR) is 77.0 cm³/mol. The zero-order chi connectivity index (χ0) is 14.1. The second-order valence-corrected chi connectivity index (χ2v) is 4.95. The van der Waals surface area contributed by atoms with Crippen LogP contribution in [-0.4, -0.2) is 9.38 Å². The van der Waals surface area contributed by atoms with E-state index in [1.54, 1.807) is 10.5 Å². The molecule has 0 spiro atoms. The average Bonchev–Trinajstić information content (AvgIpc) is 2.75. The fraction of sp³-hybridized carbons (Fsp3) is 0.188. The number of aromatic nitrogens is 2. The van der Waals surface area contributed by atoms with Crippen molar-refractivity contribution in [2.45, 2.75) is 19.9 Å². The molecule has 2 heterocycles. The molecule has 0 atom stereocenters. The molecule has 102 valence electrons. The minimum atomic E-state index is -0.285. The van der Waals surface area contributed by atoms with Gasteiger partial charge >= 0.3 is 0 Å². The van der Waals surface area contributed by atoms with Gasteiger partial charge in [-0.1, -0.05) is 29.8 Å². The van der Waals surface area contributed by atoms with Crippen LogP contribution in [-0.2, 0) is 13.0 Å². The van der Waals surface area contributed by atoms with Gasteiger partial charge in [0, 0.05) is 19.2 Å². The van der Waals surface area contributed by atoms with Crippen molar-refractivity contribution in [2.75, 3.05) is 0 Å². The molecular weight excluding hydrogens is 253 g/mol. The van der Waals surface area contributed by atoms with E-state index in [0.717, 1.165) is 17.0 Å². The summed E-state index contributed by atoms with van der Waals surface area (Å²) in [6, 6.07) is 11.4. The van der Waals surface area contributed by atoms with Crippen molar-refractivity contribution in [1.82, 2.24) is 9.38 Å². The molecule has 0 radical (unpaired) electrons. The second-order valence-electron chi connectivity index (χ2n) is 4.95. The van der Waals surface area contributed by atoms with Crippen molar-refractivity contribution in [3.8, 4) is 0 Å². The lowest BCUT2D eigenvalue weighted by atomic mass is 10.1. The van der Waals surface area contributed by atoms with Crippen LogP contribution in [0, 0.1) is 12.7 Å². The summed E-state index contributed by atoms with van der Waals surface area (Å²) >= 11 is 0. The Bertz CT molecular complexity index is 762. The summed E-state index contributed by atoms with van der Waals surface area (Å²) in [6.07, 6.45) is 2.14. The van der Waals surface area contributed by atoms with E-state index >= 15 is 0 Å². The summed E-state index contributed by atoms with van der Waals surface area (Å²) in [5, 5.41) is 0. The maximum absolute atomic E-state index is 13.4. The molecule has 20 heavy (non-hydrogen) atoms. The van der Waals surface area contributed by atoms with Gasteiger partial charge in [0.15, 0.2) is 0 Å². The molecule has 4 heteroatoms. The van der Waals surface area contributed by atoms with Gasteiger partial charge in [-0.25, -0.2) is 9.37 Å². The zero-order valence-electron chi connectivity index (χ0n) is 11.3. The number of hydrogen-bond donors (Lipinski definition) is 1. The van der Waals surface area contributed by atoms with Gasteiger partial charge in [0.2, 0.25) is 0 Å². The lowest BCUT2D eigenvalue weighted by Crippen LogP contribution is -2.05. The number of nitrogens with zero attached hydrogens (tertiary/aromatic N) is 2. The molecule has 0 aliphatic carbocycles. The normalized spacial score (nSPS) is 11.2. The predicted octanol–water partition coefficient (Wildman–Crippen LogP) is 2.83. The van der Waals surface area contributed by atoms with Gasteiger partial charge in [-0.3, -0.25) is 4.40 Å². The smallest absolute Gasteiger partial charge is 0.139 e. The van der Waals surface area contributed by atoms with E-state index in [0.29, 0.717) is 13.0 Å². The molecule has 3 aromatic rings. The lowest BCUT2D eigenvalue weighted by molar-refractivity contribution is 0.617. The Morgan fingerprint density at radius 3 is 2.85 bits per heavy atom. The molecule has 0 fully saturated rings. The van der Waals surface area contributed by atoms with Crippen LogP contribution >= 0.6 is 0 Å². The number of halogens is 1. The average molecular weight is 269 g/mol. The van der Waals surface area contributed by atoms with Gasteiger partial charge in [0.25, 0.3) is 0 Å². The molecule has 0 saturated heterocycles. The Hall–Kier alpha value is -2.20. The molecule has 0 aliphatic heterocycles. The van der Waals surface area contributed by atoms with Crippen LogP contribution < -0.4 is 5.73 Å². The lowest BCUT2D eigenvalue weighted by Gasteiger charge is -2.03. The highest BCUT2D eigenvalue weighted by Crippen LogP contribution is 2.17. The number of benzene rings is 1. The monoisotopic (exact) mass is 269 g/mol. The number of rotatable bonds is 3. The summed E-state index contributed by atoms with van der Waals surface area (Å²) in [5.74, 6) is -0.285. The van der Waals surface area contributed by atoms with Crippen molar-refractivity contribution in [2.24, 2.45) is 5.73 Å². The Labute approximate surface area is 116 Å². The first-order valence-corrected chi connectivity index (χ1v) is 6.58. The van der Waals surface area contributed by atoms with E-state index in [1.807, 2.05) is 6.07 Å². The number of hydrogen-bond acceptors (Lipinski definition) is 2. The zero-order valence-corrected chi connectivity index (χ0v) is 11.3. The highest BCUT2D eigenvalue weighted by Gasteiger charge is 2.12. The van der Waals surface area contributed by atoms with Gasteiger partial charge in [-0.05, 0) is 24.6 Å². The van der Waals surface area contributed by atoms with Crippen LogP contribution in [0.3, 0.4) is 0 Å². The molecular formula is C16H16FN3. The first kappa shape index (κ1) is 12.8. The Balaban J connectivity index is 2.07. The number of pyridine rings is 1. The van der Waals surface area contributed by atoms with E-state index in [1.165, 1.54) is 23.4 Å². The maximum Gasteiger partial charge on any atom is 0.139 e. The third-order valence-electron chi connectivity index (χ3n) is 3.41. The van der Waals surface area contributed by atoms with Crippen LogP contribution in [0.5, 0.6) is 0 Å². The minimum Gasteiger partial charge on any atom is -0.325 e. The molecule has 0 aliphatic rings. The molecule has 1 aromatic carbocycles. The van der Waals surface area contributed by atoms with Crippen LogP contribution in [0.1, 0.15) is 22.5 Å². The van der Waals surface area contributed by atoms with Gasteiger partial charge in [0.1, 0.15) is 11.5 Å². The second kappa shape index (κ2) is 5.06. The van der Waals surface area contributed by atoms with E-state index in [-0.39, 0.29) is 5.82 Å². The topological polar surface area (TPSA) is 43.3 Å². The molecule has 0 bridgehead atoms. The van der Waals surface area contributed by atoms with E-state index in [4.69, 9.17) is 5.73 Å². The quantitative estimate of drug-likeness (QED) is 0.794. The van der Waals surface area contributed by atoms with Crippen LogP contribution in [0.25, 0.3) is 5.65 Å². The van der Waals surface area contributed by atoms with Crippen molar-refractivity contribution in [3.05, 3.63) is 70.9 Å². The fourth-order valence-electron chi connectivity index (χ4n) is 2.49. The molecule has 0 saturated carbocycles. The Morgan fingerprint density at radius 2 is 2.10 bits per heavy atom. The number of imidazole rings is 1. The Morgan fingerprint density at radius 1 is 1.25 bits per heavy atom. The van der Waals surface area contributed by atoms with E-state index in [2.05, 4.69) is 30.1 Å². The molecule has 2 aromatic heterocycles. The summed E-state index contributed by atoms with van der Waals surface area (Å²) < 4.78 is 15.1. The highest BCUT2D eigenvalue weighted by atomic mass is 19.1. The van der Waals surface area contributed by atoms with Crippen molar-refractivity contribution >= 4 is 5.65 Å². The molecule has 3 nitrogen and oxygen atoms in total. The van der Waals surface area contributed by atoms with Gasteiger partial charge in [-0.2, -0.15) is 0 Å². The van der Waals surface area contributed by atoms with Crippen molar-refractivity contribution < 1.29 is 4.39 Å². The number of nitrogens with two attached hydrogens (primary N) is 1.